The third kappa shape index (κ3) is 5.24. The Labute approximate surface area is 139 Å². The van der Waals surface area contributed by atoms with Crippen molar-refractivity contribution in [3.63, 3.8) is 0 Å². The van der Waals surface area contributed by atoms with Gasteiger partial charge in [-0.05, 0) is 47.1 Å². The average Bonchev–Trinajstić information content (AvgIpc) is 2.54. The summed E-state index contributed by atoms with van der Waals surface area (Å²) >= 11 is 0. The van der Waals surface area contributed by atoms with Crippen LogP contribution < -0.4 is 5.32 Å². The van der Waals surface area contributed by atoms with Crippen LogP contribution in [0.25, 0.3) is 0 Å². The Kier molecular flexibility index (Phi) is 5.97. The maximum Gasteiger partial charge on any atom is 0.224 e. The smallest absolute Gasteiger partial charge is 0.224 e. The number of hydrogen-bond donors (Lipinski definition) is 1. The Bertz CT molecular complexity index is 624. The van der Waals surface area contributed by atoms with Gasteiger partial charge >= 0.3 is 0 Å². The van der Waals surface area contributed by atoms with Gasteiger partial charge in [0.15, 0.2) is 0 Å². The largest absolute Gasteiger partial charge is 0.326 e. The molecule has 0 radical (unpaired) electrons. The van der Waals surface area contributed by atoms with E-state index in [0.717, 1.165) is 12.1 Å². The van der Waals surface area contributed by atoms with Gasteiger partial charge in [0.25, 0.3) is 0 Å². The minimum atomic E-state index is 0.0650. The molecule has 122 valence electrons. The maximum absolute atomic E-state index is 12.1. The van der Waals surface area contributed by atoms with Gasteiger partial charge in [-0.1, -0.05) is 64.1 Å². The molecule has 0 fully saturated rings. The number of carbonyl (C=O) groups is 1. The maximum atomic E-state index is 12.1. The minimum absolute atomic E-state index is 0.0650. The van der Waals surface area contributed by atoms with E-state index in [1.807, 2.05) is 12.1 Å². The Hall–Kier alpha value is -2.09. The molecule has 2 rings (SSSR count). The molecule has 0 saturated heterocycles. The van der Waals surface area contributed by atoms with Crippen LogP contribution in [0.2, 0.25) is 0 Å². The quantitative estimate of drug-likeness (QED) is 0.749. The van der Waals surface area contributed by atoms with Crippen LogP contribution in [0.15, 0.2) is 48.5 Å². The van der Waals surface area contributed by atoms with Crippen LogP contribution in [-0.4, -0.2) is 5.91 Å². The number of amides is 1. The lowest BCUT2D eigenvalue weighted by molar-refractivity contribution is -0.116. The highest BCUT2D eigenvalue weighted by atomic mass is 16.1. The first kappa shape index (κ1) is 17.3. The molecule has 0 aromatic heterocycles. The van der Waals surface area contributed by atoms with Crippen molar-refractivity contribution >= 4 is 11.6 Å². The summed E-state index contributed by atoms with van der Waals surface area (Å²) in [4.78, 5) is 12.1. The van der Waals surface area contributed by atoms with E-state index in [1.54, 1.807) is 0 Å². The fourth-order valence-electron chi connectivity index (χ4n) is 2.50. The summed E-state index contributed by atoms with van der Waals surface area (Å²) in [5, 5.41) is 2.97. The van der Waals surface area contributed by atoms with Gasteiger partial charge in [-0.15, -0.1) is 0 Å². The number of aryl methyl sites for hydroxylation is 1. The molecule has 1 N–H and O–H groups in total. The van der Waals surface area contributed by atoms with Crippen LogP contribution in [0, 0.1) is 0 Å². The van der Waals surface area contributed by atoms with E-state index in [4.69, 9.17) is 0 Å². The number of carbonyl (C=O) groups excluding carboxylic acids is 1. The van der Waals surface area contributed by atoms with E-state index in [0.29, 0.717) is 18.3 Å². The second-order valence-electron chi connectivity index (χ2n) is 6.72. The molecule has 0 aliphatic carbocycles. The molecular weight excluding hydrogens is 282 g/mol. The third-order valence-electron chi connectivity index (χ3n) is 4.15. The lowest BCUT2D eigenvalue weighted by atomic mass is 10.0. The van der Waals surface area contributed by atoms with Crippen LogP contribution in [0.4, 0.5) is 5.69 Å². The van der Waals surface area contributed by atoms with Crippen LogP contribution in [0.1, 0.15) is 62.6 Å². The van der Waals surface area contributed by atoms with E-state index < -0.39 is 0 Å². The van der Waals surface area contributed by atoms with E-state index in [2.05, 4.69) is 69.4 Å². The number of benzene rings is 2. The van der Waals surface area contributed by atoms with Gasteiger partial charge < -0.3 is 5.32 Å². The molecule has 2 nitrogen and oxygen atoms in total. The van der Waals surface area contributed by atoms with Crippen molar-refractivity contribution in [1.82, 2.24) is 0 Å². The summed E-state index contributed by atoms with van der Waals surface area (Å²) in [5.74, 6) is 1.12. The molecule has 0 aliphatic heterocycles. The average molecular weight is 309 g/mol. The highest BCUT2D eigenvalue weighted by molar-refractivity contribution is 5.90. The molecule has 0 atom stereocenters. The van der Waals surface area contributed by atoms with Gasteiger partial charge in [-0.3, -0.25) is 4.79 Å². The van der Waals surface area contributed by atoms with Gasteiger partial charge in [-0.2, -0.15) is 0 Å². The molecule has 0 aliphatic rings. The predicted octanol–water partition coefficient (Wildman–Crippen LogP) is 5.50. The zero-order valence-corrected chi connectivity index (χ0v) is 14.6. The van der Waals surface area contributed by atoms with Crippen molar-refractivity contribution in [2.75, 3.05) is 5.32 Å². The molecule has 1 amide bonds. The summed E-state index contributed by atoms with van der Waals surface area (Å²) in [6.07, 6.45) is 1.28. The summed E-state index contributed by atoms with van der Waals surface area (Å²) in [6.45, 7) is 8.70. The molecule has 0 saturated carbocycles. The lowest BCUT2D eigenvalue weighted by Gasteiger charge is -2.09. The normalized spacial score (nSPS) is 11.0. The zero-order valence-electron chi connectivity index (χ0n) is 14.6. The molecule has 0 spiro atoms. The van der Waals surface area contributed by atoms with E-state index >= 15 is 0 Å². The number of rotatable bonds is 6. The zero-order chi connectivity index (χ0) is 16.8. The first-order chi connectivity index (χ1) is 11.0. The number of hydrogen-bond acceptors (Lipinski definition) is 1. The minimum Gasteiger partial charge on any atom is -0.326 e. The summed E-state index contributed by atoms with van der Waals surface area (Å²) in [6, 6.07) is 16.7. The van der Waals surface area contributed by atoms with Crippen LogP contribution in [-0.2, 0) is 11.2 Å². The van der Waals surface area contributed by atoms with E-state index in [-0.39, 0.29) is 5.91 Å². The molecule has 2 heteroatoms. The second kappa shape index (κ2) is 7.96. The molecule has 0 heterocycles. The topological polar surface area (TPSA) is 29.1 Å². The number of anilines is 1. The van der Waals surface area contributed by atoms with Gasteiger partial charge in [-0.25, -0.2) is 0 Å². The fourth-order valence-corrected chi connectivity index (χ4v) is 2.50. The van der Waals surface area contributed by atoms with Gasteiger partial charge in [0.05, 0.1) is 0 Å². The van der Waals surface area contributed by atoms with Crippen molar-refractivity contribution in [3.8, 4) is 0 Å². The van der Waals surface area contributed by atoms with Crippen molar-refractivity contribution in [3.05, 3.63) is 65.2 Å². The first-order valence-corrected chi connectivity index (χ1v) is 8.44. The molecule has 2 aromatic rings. The molecular formula is C21H27NO. The van der Waals surface area contributed by atoms with Crippen molar-refractivity contribution in [2.24, 2.45) is 0 Å². The van der Waals surface area contributed by atoms with E-state index in [9.17, 15) is 4.79 Å². The van der Waals surface area contributed by atoms with Crippen molar-refractivity contribution < 1.29 is 4.79 Å². The van der Waals surface area contributed by atoms with Crippen molar-refractivity contribution in [2.45, 2.75) is 52.4 Å². The van der Waals surface area contributed by atoms with Crippen LogP contribution in [0.5, 0.6) is 0 Å². The Morgan fingerprint density at radius 2 is 1.30 bits per heavy atom. The number of nitrogens with one attached hydrogen (secondary N) is 1. The molecule has 23 heavy (non-hydrogen) atoms. The monoisotopic (exact) mass is 309 g/mol. The molecule has 0 bridgehead atoms. The lowest BCUT2D eigenvalue weighted by Crippen LogP contribution is -2.12. The standard InChI is InChI=1S/C21H27NO/c1-15(2)18-8-5-17(6-9-18)7-14-21(23)22-20-12-10-19(11-13-20)16(3)4/h5-6,8-13,15-16H,7,14H2,1-4H3,(H,22,23). The molecule has 0 unspecified atom stereocenters. The fraction of sp³-hybridized carbons (Fsp3) is 0.381. The molecule has 2 aromatic carbocycles. The summed E-state index contributed by atoms with van der Waals surface area (Å²) in [5.41, 5.74) is 4.70. The first-order valence-electron chi connectivity index (χ1n) is 8.44. The van der Waals surface area contributed by atoms with Gasteiger partial charge in [0.2, 0.25) is 5.91 Å². The second-order valence-corrected chi connectivity index (χ2v) is 6.72. The predicted molar refractivity (Wildman–Crippen MR) is 98.0 cm³/mol. The highest BCUT2D eigenvalue weighted by Crippen LogP contribution is 2.18. The summed E-state index contributed by atoms with van der Waals surface area (Å²) < 4.78 is 0. The SMILES string of the molecule is CC(C)c1ccc(CCC(=O)Nc2ccc(C(C)C)cc2)cc1. The third-order valence-corrected chi connectivity index (χ3v) is 4.15. The highest BCUT2D eigenvalue weighted by Gasteiger charge is 2.05. The Morgan fingerprint density at radius 3 is 1.78 bits per heavy atom. The Balaban J connectivity index is 1.85. The van der Waals surface area contributed by atoms with Crippen LogP contribution >= 0.6 is 0 Å². The Morgan fingerprint density at radius 1 is 0.826 bits per heavy atom. The van der Waals surface area contributed by atoms with Crippen molar-refractivity contribution in [1.29, 1.82) is 0 Å². The summed E-state index contributed by atoms with van der Waals surface area (Å²) in [7, 11) is 0. The van der Waals surface area contributed by atoms with Crippen LogP contribution in [0.3, 0.4) is 0 Å². The van der Waals surface area contributed by atoms with E-state index in [1.165, 1.54) is 16.7 Å². The van der Waals surface area contributed by atoms with Gasteiger partial charge in [0.1, 0.15) is 0 Å². The van der Waals surface area contributed by atoms with Gasteiger partial charge in [0, 0.05) is 12.1 Å².